The molecule has 0 bridgehead atoms. The van der Waals surface area contributed by atoms with Crippen LogP contribution < -0.4 is 5.11 Å². The van der Waals surface area contributed by atoms with Crippen LogP contribution in [0.1, 0.15) is 118 Å². The van der Waals surface area contributed by atoms with E-state index < -0.39 is 11.4 Å². The van der Waals surface area contributed by atoms with Gasteiger partial charge in [0.25, 0.3) is 0 Å². The van der Waals surface area contributed by atoms with Crippen LogP contribution in [0, 0.1) is 17.3 Å². The lowest BCUT2D eigenvalue weighted by atomic mass is 9.66. The second kappa shape index (κ2) is 13.7. The third kappa shape index (κ3) is 8.53. The number of hydrogen-bond acceptors (Lipinski definition) is 2. The first-order chi connectivity index (χ1) is 11.4. The quantitative estimate of drug-likeness (QED) is 0.317. The molecular weight excluding hydrogens is 296 g/mol. The summed E-state index contributed by atoms with van der Waals surface area (Å²) in [4.78, 5) is 11.7. The van der Waals surface area contributed by atoms with Crippen molar-refractivity contribution in [3.8, 4) is 0 Å². The van der Waals surface area contributed by atoms with Gasteiger partial charge in [0.1, 0.15) is 0 Å². The molecule has 0 N–H and O–H groups in total. The molecule has 0 radical (unpaired) electrons. The Balaban J connectivity index is 3.75. The molecule has 0 aromatic rings. The minimum Gasteiger partial charge on any atom is -0.550 e. The fraction of sp³-hybridized carbons (Fsp3) is 0.955. The maximum Gasteiger partial charge on any atom is 0.0481 e. The normalized spacial score (nSPS) is 12.3. The Bertz CT molecular complexity index is 299. The average molecular weight is 340 g/mol. The van der Waals surface area contributed by atoms with E-state index in [1.807, 2.05) is 27.7 Å². The first-order valence-electron chi connectivity index (χ1n) is 10.6. The zero-order valence-corrected chi connectivity index (χ0v) is 17.2. The van der Waals surface area contributed by atoms with Crippen molar-refractivity contribution in [2.24, 2.45) is 17.3 Å². The summed E-state index contributed by atoms with van der Waals surface area (Å²) in [5.41, 5.74) is -0.654. The highest BCUT2D eigenvalue weighted by molar-refractivity contribution is 5.73. The third-order valence-electron chi connectivity index (χ3n) is 5.88. The van der Waals surface area contributed by atoms with E-state index in [-0.39, 0.29) is 11.8 Å². The zero-order chi connectivity index (χ0) is 18.4. The molecule has 0 aromatic carbocycles. The summed E-state index contributed by atoms with van der Waals surface area (Å²) < 4.78 is 0. The van der Waals surface area contributed by atoms with E-state index in [1.54, 1.807) is 0 Å². The van der Waals surface area contributed by atoms with E-state index in [4.69, 9.17) is 0 Å². The summed E-state index contributed by atoms with van der Waals surface area (Å²) in [6.45, 7) is 10.4. The van der Waals surface area contributed by atoms with Gasteiger partial charge in [-0.3, -0.25) is 0 Å². The lowest BCUT2D eigenvalue weighted by Gasteiger charge is -2.42. The highest BCUT2D eigenvalue weighted by Gasteiger charge is 2.37. The van der Waals surface area contributed by atoms with Crippen molar-refractivity contribution < 1.29 is 9.90 Å². The van der Waals surface area contributed by atoms with Gasteiger partial charge >= 0.3 is 0 Å². The molecule has 0 aliphatic carbocycles. The van der Waals surface area contributed by atoms with Crippen molar-refractivity contribution in [3.63, 3.8) is 0 Å². The monoisotopic (exact) mass is 339 g/mol. The Morgan fingerprint density at radius 1 is 0.708 bits per heavy atom. The molecule has 2 heteroatoms. The van der Waals surface area contributed by atoms with Gasteiger partial charge in [-0.1, -0.05) is 112 Å². The third-order valence-corrected chi connectivity index (χ3v) is 5.88. The molecule has 0 unspecified atom stereocenters. The molecule has 0 atom stereocenters. The van der Waals surface area contributed by atoms with Crippen LogP contribution in [0.4, 0.5) is 0 Å². The summed E-state index contributed by atoms with van der Waals surface area (Å²) in [5, 5.41) is 11.7. The van der Waals surface area contributed by atoms with Gasteiger partial charge in [0.2, 0.25) is 0 Å². The molecule has 24 heavy (non-hydrogen) atoms. The molecule has 0 spiro atoms. The second-order valence-corrected chi connectivity index (χ2v) is 8.28. The molecule has 0 amide bonds. The number of unbranched alkanes of at least 4 members (excludes halogenated alkanes) is 11. The van der Waals surface area contributed by atoms with E-state index in [1.165, 1.54) is 64.2 Å². The van der Waals surface area contributed by atoms with Gasteiger partial charge in [-0.05, 0) is 18.3 Å². The summed E-state index contributed by atoms with van der Waals surface area (Å²) >= 11 is 0. The summed E-state index contributed by atoms with van der Waals surface area (Å²) in [5.74, 6) is -0.582. The van der Waals surface area contributed by atoms with Crippen LogP contribution in [0.2, 0.25) is 0 Å². The van der Waals surface area contributed by atoms with E-state index in [0.29, 0.717) is 0 Å². The maximum absolute atomic E-state index is 11.7. The molecule has 0 fully saturated rings. The Kier molecular flexibility index (Phi) is 13.4. The predicted molar refractivity (Wildman–Crippen MR) is 103 cm³/mol. The van der Waals surface area contributed by atoms with Crippen molar-refractivity contribution in [2.45, 2.75) is 118 Å². The highest BCUT2D eigenvalue weighted by Crippen LogP contribution is 2.40. The van der Waals surface area contributed by atoms with Gasteiger partial charge in [0.15, 0.2) is 0 Å². The fourth-order valence-corrected chi connectivity index (χ4v) is 4.08. The Hall–Kier alpha value is -0.530. The summed E-state index contributed by atoms with van der Waals surface area (Å²) in [6.07, 6.45) is 16.5. The average Bonchev–Trinajstić information content (AvgIpc) is 2.51. The summed E-state index contributed by atoms with van der Waals surface area (Å²) in [7, 11) is 0. The smallest absolute Gasteiger partial charge is 0.0481 e. The Morgan fingerprint density at radius 3 is 1.33 bits per heavy atom. The van der Waals surface area contributed by atoms with Crippen LogP contribution in [0.15, 0.2) is 0 Å². The predicted octanol–water partition coefficient (Wildman–Crippen LogP) is 6.13. The van der Waals surface area contributed by atoms with Gasteiger partial charge < -0.3 is 9.90 Å². The molecule has 0 aliphatic heterocycles. The number of carbonyl (C=O) groups excluding carboxylic acids is 1. The van der Waals surface area contributed by atoms with Crippen LogP contribution >= 0.6 is 0 Å². The van der Waals surface area contributed by atoms with E-state index in [9.17, 15) is 9.90 Å². The Morgan fingerprint density at radius 2 is 1.04 bits per heavy atom. The van der Waals surface area contributed by atoms with E-state index in [0.717, 1.165) is 19.3 Å². The van der Waals surface area contributed by atoms with Gasteiger partial charge in [-0.2, -0.15) is 0 Å². The minimum atomic E-state index is -0.851. The molecule has 0 aromatic heterocycles. The molecule has 0 saturated carbocycles. The van der Waals surface area contributed by atoms with E-state index >= 15 is 0 Å². The molecule has 0 saturated heterocycles. The lowest BCUT2D eigenvalue weighted by molar-refractivity contribution is -0.325. The van der Waals surface area contributed by atoms with Crippen LogP contribution in [0.5, 0.6) is 0 Å². The first-order valence-corrected chi connectivity index (χ1v) is 10.6. The largest absolute Gasteiger partial charge is 0.550 e. The van der Waals surface area contributed by atoms with Gasteiger partial charge in [0.05, 0.1) is 0 Å². The maximum atomic E-state index is 11.7. The molecular formula is C22H43O2-. The van der Waals surface area contributed by atoms with Crippen LogP contribution in [0.3, 0.4) is 0 Å². The molecule has 0 rings (SSSR count). The summed E-state index contributed by atoms with van der Waals surface area (Å²) in [6, 6.07) is 0. The Labute approximate surface area is 151 Å². The SMILES string of the molecule is CCCCCCCCCCCCCCC(C(=O)[O-])(C(C)C)C(C)C. The number of hydrogen-bond donors (Lipinski definition) is 0. The van der Waals surface area contributed by atoms with Crippen molar-refractivity contribution in [3.05, 3.63) is 0 Å². The topological polar surface area (TPSA) is 40.1 Å². The molecule has 144 valence electrons. The van der Waals surface area contributed by atoms with Crippen LogP contribution in [-0.2, 0) is 4.79 Å². The fourth-order valence-electron chi connectivity index (χ4n) is 4.08. The van der Waals surface area contributed by atoms with Gasteiger partial charge in [0, 0.05) is 11.4 Å². The number of rotatable bonds is 16. The molecule has 0 heterocycles. The first kappa shape index (κ1) is 23.5. The van der Waals surface area contributed by atoms with Crippen molar-refractivity contribution in [2.75, 3.05) is 0 Å². The minimum absolute atomic E-state index is 0.134. The molecule has 0 aliphatic rings. The van der Waals surface area contributed by atoms with Crippen molar-refractivity contribution >= 4 is 5.97 Å². The zero-order valence-electron chi connectivity index (χ0n) is 17.2. The van der Waals surface area contributed by atoms with E-state index in [2.05, 4.69) is 6.92 Å². The second-order valence-electron chi connectivity index (χ2n) is 8.28. The lowest BCUT2D eigenvalue weighted by Crippen LogP contribution is -2.49. The van der Waals surface area contributed by atoms with Gasteiger partial charge in [-0.15, -0.1) is 0 Å². The van der Waals surface area contributed by atoms with Crippen LogP contribution in [-0.4, -0.2) is 5.97 Å². The highest BCUT2D eigenvalue weighted by atomic mass is 16.4. The van der Waals surface area contributed by atoms with Crippen LogP contribution in [0.25, 0.3) is 0 Å². The number of carbonyl (C=O) groups is 1. The molecule has 2 nitrogen and oxygen atoms in total. The standard InChI is InChI=1S/C22H44O2/c1-6-7-8-9-10-11-12-13-14-15-16-17-18-22(19(2)3,20(4)5)21(23)24/h19-20H,6-18H2,1-5H3,(H,23,24)/p-1. The number of carboxylic acids is 1. The number of aliphatic carboxylic acids is 1. The number of carboxylic acid groups (broad SMARTS) is 1. The van der Waals surface area contributed by atoms with Crippen molar-refractivity contribution in [1.29, 1.82) is 0 Å². The van der Waals surface area contributed by atoms with Gasteiger partial charge in [-0.25, -0.2) is 0 Å². The van der Waals surface area contributed by atoms with Crippen molar-refractivity contribution in [1.82, 2.24) is 0 Å².